The predicted molar refractivity (Wildman–Crippen MR) is 157 cm³/mol. The molecule has 1 fully saturated rings. The number of phenolic OH excluding ortho intramolecular Hbond substituents is 1. The molecule has 2 atom stereocenters. The van der Waals surface area contributed by atoms with Crippen LogP contribution in [-0.2, 0) is 24.2 Å². The molecule has 6 rings (SSSR count). The van der Waals surface area contributed by atoms with Crippen molar-refractivity contribution in [2.45, 2.75) is 64.7 Å². The van der Waals surface area contributed by atoms with E-state index in [0.29, 0.717) is 19.0 Å². The molecule has 210 valence electrons. The van der Waals surface area contributed by atoms with Gasteiger partial charge in [-0.3, -0.25) is 14.8 Å². The number of carbonyl (C=O) groups is 1. The summed E-state index contributed by atoms with van der Waals surface area (Å²) in [6.07, 6.45) is 2.45. The number of fused-ring (bicyclic) bond motifs is 2. The second-order valence-corrected chi connectivity index (χ2v) is 11.7. The van der Waals surface area contributed by atoms with Gasteiger partial charge in [0.2, 0.25) is 5.91 Å². The molecule has 2 aromatic heterocycles. The molecule has 0 saturated carbocycles. The first-order valence-electron chi connectivity index (χ1n) is 14.3. The summed E-state index contributed by atoms with van der Waals surface area (Å²) in [5, 5.41) is 18.7. The van der Waals surface area contributed by atoms with Crippen LogP contribution in [0.1, 0.15) is 44.1 Å². The average molecular weight is 542 g/mol. The molecule has 0 aliphatic carbocycles. The Morgan fingerprint density at radius 2 is 2.02 bits per heavy atom. The molecule has 40 heavy (non-hydrogen) atoms. The Labute approximate surface area is 235 Å². The molecule has 3 N–H and O–H groups in total. The summed E-state index contributed by atoms with van der Waals surface area (Å²) >= 11 is 0. The number of carbonyl (C=O) groups excluding carboxylic acids is 1. The number of phenols is 1. The van der Waals surface area contributed by atoms with E-state index in [4.69, 9.17) is 4.98 Å². The maximum Gasteiger partial charge on any atom is 0.240 e. The number of likely N-dealkylation sites (tertiary alicyclic amines) is 1. The van der Waals surface area contributed by atoms with Crippen LogP contribution in [0.25, 0.3) is 33.5 Å². The number of aryl methyl sites for hydroxylation is 1. The molecule has 9 nitrogen and oxygen atoms in total. The third kappa shape index (κ3) is 4.67. The van der Waals surface area contributed by atoms with E-state index in [2.05, 4.69) is 78.0 Å². The smallest absolute Gasteiger partial charge is 0.240 e. The van der Waals surface area contributed by atoms with Crippen LogP contribution >= 0.6 is 0 Å². The van der Waals surface area contributed by atoms with Gasteiger partial charge in [-0.25, -0.2) is 4.98 Å². The number of rotatable bonds is 6. The van der Waals surface area contributed by atoms with Gasteiger partial charge in [0.1, 0.15) is 11.4 Å². The van der Waals surface area contributed by atoms with Crippen LogP contribution in [0.5, 0.6) is 5.75 Å². The molecule has 2 aliphatic rings. The zero-order chi connectivity index (χ0) is 28.1. The summed E-state index contributed by atoms with van der Waals surface area (Å²) in [5.41, 5.74) is 7.01. The fourth-order valence-electron chi connectivity index (χ4n) is 6.32. The molecule has 2 aliphatic heterocycles. The van der Waals surface area contributed by atoms with Gasteiger partial charge in [0.25, 0.3) is 0 Å². The van der Waals surface area contributed by atoms with Gasteiger partial charge in [-0.05, 0) is 81.7 Å². The highest BCUT2D eigenvalue weighted by Gasteiger charge is 2.39. The number of hydrogen-bond donors (Lipinski definition) is 3. The Hall–Kier alpha value is -3.69. The first-order valence-corrected chi connectivity index (χ1v) is 14.3. The average Bonchev–Trinajstić information content (AvgIpc) is 3.69. The molecule has 4 heterocycles. The van der Waals surface area contributed by atoms with Crippen molar-refractivity contribution in [1.82, 2.24) is 34.9 Å². The van der Waals surface area contributed by atoms with Gasteiger partial charge in [0.05, 0.1) is 22.9 Å². The van der Waals surface area contributed by atoms with E-state index in [0.717, 1.165) is 76.4 Å². The number of H-pyrrole nitrogens is 2. The first kappa shape index (κ1) is 26.5. The summed E-state index contributed by atoms with van der Waals surface area (Å²) in [4.78, 5) is 28.8. The number of benzene rings is 2. The fourth-order valence-corrected chi connectivity index (χ4v) is 6.32. The Bertz CT molecular complexity index is 1550. The van der Waals surface area contributed by atoms with Gasteiger partial charge in [0.15, 0.2) is 5.82 Å². The summed E-state index contributed by atoms with van der Waals surface area (Å²) in [6.45, 7) is 8.67. The number of amides is 1. The Balaban J connectivity index is 1.28. The number of aromatic nitrogens is 4. The Kier molecular flexibility index (Phi) is 6.88. The van der Waals surface area contributed by atoms with Gasteiger partial charge in [0, 0.05) is 43.5 Å². The van der Waals surface area contributed by atoms with Crippen LogP contribution in [0.4, 0.5) is 0 Å². The van der Waals surface area contributed by atoms with Crippen molar-refractivity contribution >= 4 is 16.8 Å². The fraction of sp³-hybridized carbons (Fsp3) is 0.452. The first-order chi connectivity index (χ1) is 19.2. The molecule has 9 heteroatoms. The monoisotopic (exact) mass is 541 g/mol. The minimum atomic E-state index is -0.207. The summed E-state index contributed by atoms with van der Waals surface area (Å²) in [7, 11) is 4.18. The number of hydrogen-bond acceptors (Lipinski definition) is 6. The minimum Gasteiger partial charge on any atom is -0.508 e. The summed E-state index contributed by atoms with van der Waals surface area (Å²) in [5.74, 6) is 1.23. The van der Waals surface area contributed by atoms with Crippen LogP contribution in [-0.4, -0.2) is 91.2 Å². The molecule has 1 unspecified atom stereocenters. The second-order valence-electron chi connectivity index (χ2n) is 11.7. The van der Waals surface area contributed by atoms with Crippen molar-refractivity contribution in [1.29, 1.82) is 0 Å². The molecular weight excluding hydrogens is 502 g/mol. The lowest BCUT2D eigenvalue weighted by atomic mass is 9.97. The molecule has 0 radical (unpaired) electrons. The van der Waals surface area contributed by atoms with Crippen molar-refractivity contribution in [3.63, 3.8) is 0 Å². The molecule has 1 saturated heterocycles. The second kappa shape index (κ2) is 10.4. The van der Waals surface area contributed by atoms with Crippen molar-refractivity contribution in [2.24, 2.45) is 0 Å². The number of likely N-dealkylation sites (N-methyl/N-ethyl adjacent to an activating group) is 1. The van der Waals surface area contributed by atoms with E-state index in [-0.39, 0.29) is 23.7 Å². The number of aromatic amines is 2. The van der Waals surface area contributed by atoms with Crippen LogP contribution in [0.2, 0.25) is 0 Å². The van der Waals surface area contributed by atoms with Crippen molar-refractivity contribution in [3.8, 4) is 28.4 Å². The number of imidazole rings is 1. The molecule has 2 aromatic carbocycles. The highest BCUT2D eigenvalue weighted by atomic mass is 16.3. The zero-order valence-corrected chi connectivity index (χ0v) is 24.0. The molecule has 1 amide bonds. The van der Waals surface area contributed by atoms with Crippen LogP contribution in [0, 0.1) is 0 Å². The van der Waals surface area contributed by atoms with Gasteiger partial charge >= 0.3 is 0 Å². The van der Waals surface area contributed by atoms with Gasteiger partial charge in [-0.1, -0.05) is 19.1 Å². The number of aromatic hydroxyl groups is 1. The van der Waals surface area contributed by atoms with E-state index in [1.165, 1.54) is 0 Å². The van der Waals surface area contributed by atoms with E-state index in [1.807, 2.05) is 17.0 Å². The summed E-state index contributed by atoms with van der Waals surface area (Å²) < 4.78 is 0. The van der Waals surface area contributed by atoms with E-state index in [1.54, 1.807) is 6.07 Å². The maximum atomic E-state index is 13.7. The van der Waals surface area contributed by atoms with Gasteiger partial charge in [-0.2, -0.15) is 5.10 Å². The Morgan fingerprint density at radius 3 is 2.75 bits per heavy atom. The van der Waals surface area contributed by atoms with E-state index >= 15 is 0 Å². The lowest BCUT2D eigenvalue weighted by Gasteiger charge is -2.38. The van der Waals surface area contributed by atoms with Gasteiger partial charge in [-0.15, -0.1) is 0 Å². The Morgan fingerprint density at radius 1 is 1.20 bits per heavy atom. The highest BCUT2D eigenvalue weighted by Crippen LogP contribution is 2.34. The minimum absolute atomic E-state index is 0.207. The van der Waals surface area contributed by atoms with Crippen molar-refractivity contribution in [3.05, 3.63) is 53.3 Å². The number of nitrogens with one attached hydrogen (secondary N) is 2. The van der Waals surface area contributed by atoms with Crippen molar-refractivity contribution < 1.29 is 9.90 Å². The lowest BCUT2D eigenvalue weighted by molar-refractivity contribution is -0.137. The third-order valence-corrected chi connectivity index (χ3v) is 8.71. The SMILES string of the molecule is CCc1cc(O)ccc1-c1ccc2c(-c3nc4c([nH]3)CN(C(C)C)[C@H](C(=O)N3CCC(N(C)C)C3)C4)n[nH]c2c1. The molecular formula is C31H39N7O2. The molecule has 0 spiro atoms. The molecule has 4 aromatic rings. The topological polar surface area (TPSA) is 104 Å². The van der Waals surface area contributed by atoms with Crippen LogP contribution in [0.15, 0.2) is 36.4 Å². The predicted octanol–water partition coefficient (Wildman–Crippen LogP) is 4.19. The summed E-state index contributed by atoms with van der Waals surface area (Å²) in [6, 6.07) is 12.3. The highest BCUT2D eigenvalue weighted by molar-refractivity contribution is 5.94. The quantitative estimate of drug-likeness (QED) is 0.338. The standard InChI is InChI=1S/C31H39N7O2/c1-6-19-13-22(39)8-10-23(19)20-7-9-24-25(14-20)34-35-29(24)30-32-26-15-28(38(18(2)3)17-27(26)33-30)31(40)37-12-11-21(16-37)36(4)5/h7-10,13-14,18,21,28,39H,6,11-12,15-17H2,1-5H3,(H,32,33)(H,34,35)/t21?,28-/m0/s1. The number of nitrogens with zero attached hydrogens (tertiary/aromatic N) is 5. The van der Waals surface area contributed by atoms with Crippen molar-refractivity contribution in [2.75, 3.05) is 27.2 Å². The largest absolute Gasteiger partial charge is 0.508 e. The zero-order valence-electron chi connectivity index (χ0n) is 24.0. The lowest BCUT2D eigenvalue weighted by Crippen LogP contribution is -2.53. The third-order valence-electron chi connectivity index (χ3n) is 8.71. The van der Waals surface area contributed by atoms with Crippen LogP contribution in [0.3, 0.4) is 0 Å². The van der Waals surface area contributed by atoms with Crippen LogP contribution < -0.4 is 0 Å². The molecule has 0 bridgehead atoms. The maximum absolute atomic E-state index is 13.7. The normalized spacial score (nSPS) is 19.7. The van der Waals surface area contributed by atoms with E-state index < -0.39 is 0 Å². The van der Waals surface area contributed by atoms with E-state index in [9.17, 15) is 9.90 Å². The van der Waals surface area contributed by atoms with Gasteiger partial charge < -0.3 is 19.9 Å².